The van der Waals surface area contributed by atoms with Crippen molar-refractivity contribution in [2.24, 2.45) is 5.92 Å². The van der Waals surface area contributed by atoms with Crippen LogP contribution in [0.2, 0.25) is 5.02 Å². The average Bonchev–Trinajstić information content (AvgIpc) is 2.43. The fourth-order valence-corrected chi connectivity index (χ4v) is 1.75. The molecule has 0 spiro atoms. The number of carbonyl (C=O) groups is 2. The zero-order valence-electron chi connectivity index (χ0n) is 12.0. The van der Waals surface area contributed by atoms with Crippen LogP contribution in [0.3, 0.4) is 0 Å². The van der Waals surface area contributed by atoms with Gasteiger partial charge in [0.25, 0.3) is 11.8 Å². The molecule has 0 aliphatic carbocycles. The molecule has 0 saturated carbocycles. The van der Waals surface area contributed by atoms with Crippen molar-refractivity contribution in [2.45, 2.75) is 19.9 Å². The van der Waals surface area contributed by atoms with E-state index in [1.165, 1.54) is 14.2 Å². The predicted octanol–water partition coefficient (Wildman–Crippen LogP) is 2.11. The molecule has 0 aliphatic rings. The first-order valence-electron chi connectivity index (χ1n) is 6.25. The number of rotatable bonds is 5. The Bertz CT molecular complexity index is 474. The lowest BCUT2D eigenvalue weighted by Gasteiger charge is -2.25. The summed E-state index contributed by atoms with van der Waals surface area (Å²) in [5, 5.41) is 4.37. The number of hydrogen-bond acceptors (Lipinski definition) is 3. The smallest absolute Gasteiger partial charge is 0.268 e. The molecule has 0 fully saturated rings. The Balaban J connectivity index is 2.83. The molecule has 0 saturated heterocycles. The van der Waals surface area contributed by atoms with Gasteiger partial charge in [0, 0.05) is 17.6 Å². The molecular weight excluding hydrogens is 280 g/mol. The van der Waals surface area contributed by atoms with Gasteiger partial charge in [0.15, 0.2) is 0 Å². The number of hydroxylamine groups is 2. The van der Waals surface area contributed by atoms with Crippen molar-refractivity contribution < 1.29 is 14.4 Å². The van der Waals surface area contributed by atoms with Crippen molar-refractivity contribution in [1.29, 1.82) is 0 Å². The first-order valence-corrected chi connectivity index (χ1v) is 6.62. The highest BCUT2D eigenvalue weighted by molar-refractivity contribution is 6.30. The molecule has 6 heteroatoms. The second-order valence-electron chi connectivity index (χ2n) is 4.72. The number of benzene rings is 1. The molecule has 1 rings (SSSR count). The van der Waals surface area contributed by atoms with E-state index in [4.69, 9.17) is 16.4 Å². The summed E-state index contributed by atoms with van der Waals surface area (Å²) < 4.78 is 0. The first kappa shape index (κ1) is 16.5. The summed E-state index contributed by atoms with van der Waals surface area (Å²) in [6.07, 6.45) is 0. The number of halogens is 1. The number of amides is 2. The number of nitrogens with one attached hydrogen (secondary N) is 1. The van der Waals surface area contributed by atoms with Gasteiger partial charge in [0.05, 0.1) is 7.11 Å². The summed E-state index contributed by atoms with van der Waals surface area (Å²) in [6, 6.07) is 5.83. The Hall–Kier alpha value is -1.59. The van der Waals surface area contributed by atoms with Crippen LogP contribution in [0.15, 0.2) is 24.3 Å². The van der Waals surface area contributed by atoms with Crippen molar-refractivity contribution in [2.75, 3.05) is 14.2 Å². The quantitative estimate of drug-likeness (QED) is 0.847. The van der Waals surface area contributed by atoms with Gasteiger partial charge in [-0.1, -0.05) is 25.4 Å². The van der Waals surface area contributed by atoms with Crippen molar-refractivity contribution >= 4 is 23.4 Å². The van der Waals surface area contributed by atoms with Crippen LogP contribution in [0.1, 0.15) is 24.2 Å². The molecule has 0 bridgehead atoms. The lowest BCUT2D eigenvalue weighted by molar-refractivity contribution is -0.171. The summed E-state index contributed by atoms with van der Waals surface area (Å²) in [6.45, 7) is 3.71. The van der Waals surface area contributed by atoms with Crippen molar-refractivity contribution in [3.8, 4) is 0 Å². The van der Waals surface area contributed by atoms with Crippen molar-refractivity contribution in [1.82, 2.24) is 10.4 Å². The van der Waals surface area contributed by atoms with Crippen molar-refractivity contribution in [3.63, 3.8) is 0 Å². The van der Waals surface area contributed by atoms with Gasteiger partial charge in [-0.05, 0) is 30.2 Å². The van der Waals surface area contributed by atoms with E-state index in [9.17, 15) is 9.59 Å². The Morgan fingerprint density at radius 3 is 2.25 bits per heavy atom. The second-order valence-corrected chi connectivity index (χ2v) is 5.16. The summed E-state index contributed by atoms with van der Waals surface area (Å²) in [4.78, 5) is 29.1. The van der Waals surface area contributed by atoms with Crippen LogP contribution in [0.4, 0.5) is 0 Å². The topological polar surface area (TPSA) is 58.6 Å². The molecule has 1 aromatic carbocycles. The van der Waals surface area contributed by atoms with Crippen LogP contribution in [0, 0.1) is 5.92 Å². The van der Waals surface area contributed by atoms with Crippen LogP contribution in [0.25, 0.3) is 0 Å². The summed E-state index contributed by atoms with van der Waals surface area (Å²) in [7, 11) is 2.91. The number of likely N-dealkylation sites (N-methyl/N-ethyl adjacent to an activating group) is 1. The van der Waals surface area contributed by atoms with E-state index in [-0.39, 0.29) is 17.7 Å². The third-order valence-corrected chi connectivity index (χ3v) is 3.16. The highest BCUT2D eigenvalue weighted by atomic mass is 35.5. The van der Waals surface area contributed by atoms with Crippen LogP contribution in [-0.4, -0.2) is 37.1 Å². The Labute approximate surface area is 123 Å². The minimum atomic E-state index is -0.650. The molecule has 1 unspecified atom stereocenters. The summed E-state index contributed by atoms with van der Waals surface area (Å²) in [5.41, 5.74) is 0.452. The fraction of sp³-hybridized carbons (Fsp3) is 0.429. The minimum absolute atomic E-state index is 0.0589. The van der Waals surface area contributed by atoms with Gasteiger partial charge in [-0.25, -0.2) is 5.06 Å². The highest BCUT2D eigenvalue weighted by Gasteiger charge is 2.27. The van der Waals surface area contributed by atoms with Gasteiger partial charge in [-0.15, -0.1) is 0 Å². The van der Waals surface area contributed by atoms with Gasteiger partial charge in [0.1, 0.15) is 6.04 Å². The lowest BCUT2D eigenvalue weighted by atomic mass is 10.0. The third kappa shape index (κ3) is 4.21. The Kier molecular flexibility index (Phi) is 5.98. The Morgan fingerprint density at radius 2 is 1.80 bits per heavy atom. The van der Waals surface area contributed by atoms with E-state index >= 15 is 0 Å². The van der Waals surface area contributed by atoms with E-state index < -0.39 is 6.04 Å². The normalized spacial score (nSPS) is 12.1. The second kappa shape index (κ2) is 7.26. The molecule has 110 valence electrons. The van der Waals surface area contributed by atoms with Gasteiger partial charge in [-0.3, -0.25) is 14.4 Å². The predicted molar refractivity (Wildman–Crippen MR) is 77.3 cm³/mol. The van der Waals surface area contributed by atoms with Crippen LogP contribution in [-0.2, 0) is 9.63 Å². The maximum Gasteiger partial charge on any atom is 0.268 e. The van der Waals surface area contributed by atoms with E-state index in [1.807, 2.05) is 13.8 Å². The summed E-state index contributed by atoms with van der Waals surface area (Å²) in [5.74, 6) is -0.681. The van der Waals surface area contributed by atoms with E-state index in [1.54, 1.807) is 24.3 Å². The largest absolute Gasteiger partial charge is 0.340 e. The monoisotopic (exact) mass is 298 g/mol. The molecule has 0 aromatic heterocycles. The van der Waals surface area contributed by atoms with Crippen molar-refractivity contribution in [3.05, 3.63) is 34.9 Å². The average molecular weight is 299 g/mol. The molecule has 0 heterocycles. The maximum atomic E-state index is 12.1. The molecule has 1 atom stereocenters. The Morgan fingerprint density at radius 1 is 1.25 bits per heavy atom. The van der Waals surface area contributed by atoms with Crippen LogP contribution < -0.4 is 5.32 Å². The highest BCUT2D eigenvalue weighted by Crippen LogP contribution is 2.11. The number of carbonyl (C=O) groups excluding carboxylic acids is 2. The van der Waals surface area contributed by atoms with E-state index in [0.29, 0.717) is 10.6 Å². The van der Waals surface area contributed by atoms with Crippen LogP contribution in [0.5, 0.6) is 0 Å². The molecule has 0 aliphatic heterocycles. The molecule has 2 amide bonds. The minimum Gasteiger partial charge on any atom is -0.340 e. The van der Waals surface area contributed by atoms with Gasteiger partial charge in [-0.2, -0.15) is 0 Å². The maximum absolute atomic E-state index is 12.1. The van der Waals surface area contributed by atoms with E-state index in [2.05, 4.69) is 5.32 Å². The lowest BCUT2D eigenvalue weighted by Crippen LogP contribution is -2.49. The van der Waals surface area contributed by atoms with Gasteiger partial charge < -0.3 is 5.32 Å². The molecule has 1 aromatic rings. The first-order chi connectivity index (χ1) is 9.36. The zero-order chi connectivity index (χ0) is 15.3. The molecule has 5 nitrogen and oxygen atoms in total. The van der Waals surface area contributed by atoms with Gasteiger partial charge in [0.2, 0.25) is 0 Å². The fourth-order valence-electron chi connectivity index (χ4n) is 1.63. The summed E-state index contributed by atoms with van der Waals surface area (Å²) >= 11 is 5.77. The molecule has 1 N–H and O–H groups in total. The standard InChI is InChI=1S/C14H19ClN2O3/c1-9(2)12(14(19)17(3)20-4)16-13(18)10-5-7-11(15)8-6-10/h5-9,12H,1-4H3,(H,16,18). The molecular formula is C14H19ClN2O3. The van der Waals surface area contributed by atoms with Crippen LogP contribution >= 0.6 is 11.6 Å². The van der Waals surface area contributed by atoms with E-state index in [0.717, 1.165) is 5.06 Å². The van der Waals surface area contributed by atoms with Gasteiger partial charge >= 0.3 is 0 Å². The number of hydrogen-bond donors (Lipinski definition) is 1. The zero-order valence-corrected chi connectivity index (χ0v) is 12.8. The third-order valence-electron chi connectivity index (χ3n) is 2.91. The SMILES string of the molecule is CON(C)C(=O)C(NC(=O)c1ccc(Cl)cc1)C(C)C. The molecule has 20 heavy (non-hydrogen) atoms. The number of nitrogens with zero attached hydrogens (tertiary/aromatic N) is 1. The molecule has 0 radical (unpaired) electrons.